The molecule has 0 aromatic rings. The lowest BCUT2D eigenvalue weighted by molar-refractivity contribution is -0.148. The number of ether oxygens (including phenoxy) is 2. The van der Waals surface area contributed by atoms with Crippen molar-refractivity contribution >= 4 is 5.97 Å². The van der Waals surface area contributed by atoms with Gasteiger partial charge in [0.15, 0.2) is 0 Å². The predicted molar refractivity (Wildman–Crippen MR) is 44.8 cm³/mol. The van der Waals surface area contributed by atoms with Crippen molar-refractivity contribution in [3.05, 3.63) is 0 Å². The molecule has 1 atom stereocenters. The van der Waals surface area contributed by atoms with Gasteiger partial charge in [-0.1, -0.05) is 0 Å². The summed E-state index contributed by atoms with van der Waals surface area (Å²) in [6.07, 6.45) is 4.10. The lowest BCUT2D eigenvalue weighted by Gasteiger charge is -2.19. The van der Waals surface area contributed by atoms with E-state index in [2.05, 4.69) is 0 Å². The average molecular weight is 172 g/mol. The van der Waals surface area contributed by atoms with E-state index < -0.39 is 0 Å². The van der Waals surface area contributed by atoms with Crippen LogP contribution >= 0.6 is 0 Å². The van der Waals surface area contributed by atoms with Crippen LogP contribution in [0, 0.1) is 0 Å². The minimum atomic E-state index is -0.180. The van der Waals surface area contributed by atoms with Gasteiger partial charge < -0.3 is 9.47 Å². The summed E-state index contributed by atoms with van der Waals surface area (Å²) < 4.78 is 10.4. The van der Waals surface area contributed by atoms with Crippen LogP contribution in [0.25, 0.3) is 0 Å². The molecule has 0 saturated carbocycles. The highest BCUT2D eigenvalue weighted by Gasteiger charge is 2.13. The Bertz CT molecular complexity index is 137. The molecule has 12 heavy (non-hydrogen) atoms. The van der Waals surface area contributed by atoms with E-state index in [4.69, 9.17) is 9.47 Å². The van der Waals surface area contributed by atoms with Gasteiger partial charge >= 0.3 is 5.97 Å². The van der Waals surface area contributed by atoms with Crippen molar-refractivity contribution < 1.29 is 14.3 Å². The fraction of sp³-hybridized carbons (Fsp3) is 0.889. The van der Waals surface area contributed by atoms with Gasteiger partial charge in [-0.05, 0) is 19.3 Å². The number of carbonyl (C=O) groups is 1. The first-order valence-electron chi connectivity index (χ1n) is 4.54. The Kier molecular flexibility index (Phi) is 4.08. The Hall–Kier alpha value is -0.570. The Balaban J connectivity index is 2.24. The molecule has 0 aliphatic carbocycles. The molecule has 0 bridgehead atoms. The fourth-order valence-corrected chi connectivity index (χ4v) is 1.39. The Morgan fingerprint density at radius 2 is 2.17 bits per heavy atom. The van der Waals surface area contributed by atoms with Crippen molar-refractivity contribution in [2.45, 2.75) is 38.7 Å². The lowest BCUT2D eigenvalue weighted by Crippen LogP contribution is -2.20. The van der Waals surface area contributed by atoms with Gasteiger partial charge in [0, 0.05) is 20.0 Å². The van der Waals surface area contributed by atoms with E-state index in [1.807, 2.05) is 0 Å². The minimum absolute atomic E-state index is 0.0859. The van der Waals surface area contributed by atoms with E-state index in [0.717, 1.165) is 38.9 Å². The number of carbonyl (C=O) groups excluding carboxylic acids is 1. The van der Waals surface area contributed by atoms with Crippen molar-refractivity contribution in [3.8, 4) is 0 Å². The Labute approximate surface area is 73.0 Å². The second-order valence-electron chi connectivity index (χ2n) is 3.13. The minimum Gasteiger partial charge on any atom is -0.462 e. The molecule has 0 N–H and O–H groups in total. The van der Waals surface area contributed by atoms with E-state index in [0.29, 0.717) is 0 Å². The highest BCUT2D eigenvalue weighted by Crippen LogP contribution is 2.12. The van der Waals surface area contributed by atoms with Crippen molar-refractivity contribution in [3.63, 3.8) is 0 Å². The number of hydrogen-bond donors (Lipinski definition) is 0. The monoisotopic (exact) mass is 172 g/mol. The highest BCUT2D eigenvalue weighted by molar-refractivity contribution is 5.66. The van der Waals surface area contributed by atoms with E-state index in [-0.39, 0.29) is 12.1 Å². The first-order chi connectivity index (χ1) is 5.79. The van der Waals surface area contributed by atoms with E-state index >= 15 is 0 Å². The summed E-state index contributed by atoms with van der Waals surface area (Å²) in [6.45, 7) is 3.03. The average Bonchev–Trinajstić information content (AvgIpc) is 1.93. The second-order valence-corrected chi connectivity index (χ2v) is 3.13. The predicted octanol–water partition coefficient (Wildman–Crippen LogP) is 1.51. The zero-order valence-corrected chi connectivity index (χ0v) is 7.54. The van der Waals surface area contributed by atoms with Crippen LogP contribution in [0.3, 0.4) is 0 Å². The molecular weight excluding hydrogens is 156 g/mol. The summed E-state index contributed by atoms with van der Waals surface area (Å²) >= 11 is 0. The van der Waals surface area contributed by atoms with Crippen LogP contribution in [0.1, 0.15) is 32.6 Å². The third-order valence-electron chi connectivity index (χ3n) is 1.98. The van der Waals surface area contributed by atoms with Crippen LogP contribution in [0.5, 0.6) is 0 Å². The van der Waals surface area contributed by atoms with Crippen LogP contribution in [-0.4, -0.2) is 25.3 Å². The highest BCUT2D eigenvalue weighted by atomic mass is 16.5. The van der Waals surface area contributed by atoms with Gasteiger partial charge in [0.25, 0.3) is 0 Å². The van der Waals surface area contributed by atoms with Crippen molar-refractivity contribution in [2.75, 3.05) is 13.2 Å². The number of hydrogen-bond acceptors (Lipinski definition) is 3. The molecule has 0 radical (unpaired) electrons. The number of esters is 1. The van der Waals surface area contributed by atoms with Crippen molar-refractivity contribution in [1.29, 1.82) is 0 Å². The molecule has 0 spiro atoms. The molecule has 70 valence electrons. The molecule has 1 aliphatic heterocycles. The fourth-order valence-electron chi connectivity index (χ4n) is 1.39. The molecule has 0 aromatic carbocycles. The van der Waals surface area contributed by atoms with E-state index in [1.54, 1.807) is 0 Å². The molecule has 1 saturated heterocycles. The van der Waals surface area contributed by atoms with Crippen LogP contribution in [0.15, 0.2) is 0 Å². The zero-order valence-electron chi connectivity index (χ0n) is 7.54. The van der Waals surface area contributed by atoms with Crippen LogP contribution in [-0.2, 0) is 14.3 Å². The lowest BCUT2D eigenvalue weighted by atomic mass is 10.1. The summed E-state index contributed by atoms with van der Waals surface area (Å²) in [5.74, 6) is -0.180. The third-order valence-corrected chi connectivity index (χ3v) is 1.98. The summed E-state index contributed by atoms with van der Waals surface area (Å²) in [5, 5.41) is 0. The maximum absolute atomic E-state index is 10.6. The Morgan fingerprint density at radius 3 is 2.92 bits per heavy atom. The molecule has 0 unspecified atom stereocenters. The standard InChI is InChI=1S/C9H16O3/c1-8(10)12-9-4-2-3-6-11-7-5-9/h9H,2-7H2,1H3/t9-/m1/s1. The van der Waals surface area contributed by atoms with Crippen molar-refractivity contribution in [1.82, 2.24) is 0 Å². The molecule has 0 amide bonds. The molecule has 3 nitrogen and oxygen atoms in total. The van der Waals surface area contributed by atoms with Gasteiger partial charge in [-0.15, -0.1) is 0 Å². The summed E-state index contributed by atoms with van der Waals surface area (Å²) in [6, 6.07) is 0. The van der Waals surface area contributed by atoms with Crippen LogP contribution in [0.2, 0.25) is 0 Å². The molecule has 0 aromatic heterocycles. The zero-order chi connectivity index (χ0) is 8.81. The van der Waals surface area contributed by atoms with Gasteiger partial charge in [0.2, 0.25) is 0 Å². The number of rotatable bonds is 1. The van der Waals surface area contributed by atoms with E-state index in [9.17, 15) is 4.79 Å². The first-order valence-corrected chi connectivity index (χ1v) is 4.54. The van der Waals surface area contributed by atoms with Gasteiger partial charge in [0.1, 0.15) is 6.10 Å². The third kappa shape index (κ3) is 3.72. The molecule has 1 fully saturated rings. The molecular formula is C9H16O3. The smallest absolute Gasteiger partial charge is 0.302 e. The maximum atomic E-state index is 10.6. The summed E-state index contributed by atoms with van der Waals surface area (Å²) in [7, 11) is 0. The normalized spacial score (nSPS) is 25.6. The van der Waals surface area contributed by atoms with Gasteiger partial charge in [-0.25, -0.2) is 0 Å². The molecule has 3 heteroatoms. The van der Waals surface area contributed by atoms with E-state index in [1.165, 1.54) is 6.92 Å². The topological polar surface area (TPSA) is 35.5 Å². The largest absolute Gasteiger partial charge is 0.462 e. The van der Waals surface area contributed by atoms with Gasteiger partial charge in [-0.3, -0.25) is 4.79 Å². The summed E-state index contributed by atoms with van der Waals surface area (Å²) in [4.78, 5) is 10.6. The quantitative estimate of drug-likeness (QED) is 0.562. The SMILES string of the molecule is CC(=O)O[C@@H]1CCCCOCC1. The Morgan fingerprint density at radius 1 is 1.33 bits per heavy atom. The van der Waals surface area contributed by atoms with Crippen LogP contribution in [0.4, 0.5) is 0 Å². The van der Waals surface area contributed by atoms with Gasteiger partial charge in [-0.2, -0.15) is 0 Å². The molecule has 1 heterocycles. The van der Waals surface area contributed by atoms with Crippen molar-refractivity contribution in [2.24, 2.45) is 0 Å². The molecule has 1 rings (SSSR count). The second kappa shape index (κ2) is 5.14. The van der Waals surface area contributed by atoms with Crippen LogP contribution < -0.4 is 0 Å². The first kappa shape index (κ1) is 9.52. The summed E-state index contributed by atoms with van der Waals surface area (Å²) in [5.41, 5.74) is 0. The van der Waals surface area contributed by atoms with Gasteiger partial charge in [0.05, 0.1) is 6.61 Å². The molecule has 1 aliphatic rings. The maximum Gasteiger partial charge on any atom is 0.302 e.